The number of hydrogen-bond donors (Lipinski definition) is 0. The summed E-state index contributed by atoms with van der Waals surface area (Å²) in [4.78, 5) is 0. The topological polar surface area (TPSA) is 46.2 Å². The first-order valence-corrected chi connectivity index (χ1v) is 6.86. The van der Waals surface area contributed by atoms with Gasteiger partial charge in [0.1, 0.15) is 0 Å². The van der Waals surface area contributed by atoms with Gasteiger partial charge in [-0.2, -0.15) is 0 Å². The van der Waals surface area contributed by atoms with E-state index in [1.165, 1.54) is 0 Å². The van der Waals surface area contributed by atoms with Crippen LogP contribution in [-0.2, 0) is 23.7 Å². The lowest BCUT2D eigenvalue weighted by molar-refractivity contribution is -0.0485. The monoisotopic (exact) mass is 262 g/mol. The average Bonchev–Trinajstić information content (AvgIpc) is 2.39. The Labute approximate surface area is 110 Å². The first kappa shape index (κ1) is 15.9. The third-order valence-corrected chi connectivity index (χ3v) is 2.61. The summed E-state index contributed by atoms with van der Waals surface area (Å²) < 4.78 is 27.4. The highest BCUT2D eigenvalue weighted by atomic mass is 16.6. The van der Waals surface area contributed by atoms with Gasteiger partial charge < -0.3 is 23.7 Å². The van der Waals surface area contributed by atoms with Crippen LogP contribution in [0.15, 0.2) is 0 Å². The molecule has 0 N–H and O–H groups in total. The highest BCUT2D eigenvalue weighted by molar-refractivity contribution is 4.56. The molecule has 0 aromatic carbocycles. The molecule has 1 aliphatic heterocycles. The van der Waals surface area contributed by atoms with Crippen molar-refractivity contribution in [1.82, 2.24) is 0 Å². The lowest BCUT2D eigenvalue weighted by atomic mass is 10.2. The van der Waals surface area contributed by atoms with Crippen LogP contribution in [0.2, 0.25) is 0 Å². The number of hydrogen-bond acceptors (Lipinski definition) is 5. The van der Waals surface area contributed by atoms with Crippen molar-refractivity contribution < 1.29 is 23.7 Å². The van der Waals surface area contributed by atoms with E-state index in [0.29, 0.717) is 59.5 Å². The predicted octanol–water partition coefficient (Wildman–Crippen LogP) is 1.25. The molecular formula is C13H26O5. The molecule has 1 unspecified atom stereocenters. The molecule has 0 saturated carbocycles. The van der Waals surface area contributed by atoms with Gasteiger partial charge in [-0.25, -0.2) is 0 Å². The lowest BCUT2D eigenvalue weighted by Gasteiger charge is -2.17. The van der Waals surface area contributed by atoms with E-state index in [-0.39, 0.29) is 6.10 Å². The van der Waals surface area contributed by atoms with Gasteiger partial charge in [0, 0.05) is 0 Å². The Balaban J connectivity index is 2.20. The van der Waals surface area contributed by atoms with Crippen LogP contribution in [0.3, 0.4) is 0 Å². The Morgan fingerprint density at radius 2 is 1.22 bits per heavy atom. The Morgan fingerprint density at radius 3 is 1.78 bits per heavy atom. The Kier molecular flexibility index (Phi) is 10.5. The first-order valence-electron chi connectivity index (χ1n) is 6.86. The van der Waals surface area contributed by atoms with Crippen molar-refractivity contribution in [3.05, 3.63) is 0 Å². The molecule has 0 aromatic rings. The second-order valence-corrected chi connectivity index (χ2v) is 4.19. The van der Waals surface area contributed by atoms with Crippen LogP contribution in [0.25, 0.3) is 0 Å². The zero-order chi connectivity index (χ0) is 12.9. The van der Waals surface area contributed by atoms with Gasteiger partial charge in [0.15, 0.2) is 0 Å². The van der Waals surface area contributed by atoms with Gasteiger partial charge in [-0.15, -0.1) is 0 Å². The molecule has 1 heterocycles. The zero-order valence-electron chi connectivity index (χ0n) is 11.4. The van der Waals surface area contributed by atoms with E-state index in [2.05, 4.69) is 6.92 Å². The summed E-state index contributed by atoms with van der Waals surface area (Å²) in [6.07, 6.45) is 2.28. The molecule has 18 heavy (non-hydrogen) atoms. The largest absolute Gasteiger partial charge is 0.377 e. The zero-order valence-corrected chi connectivity index (χ0v) is 11.4. The molecule has 1 fully saturated rings. The molecule has 0 bridgehead atoms. The maximum atomic E-state index is 5.73. The van der Waals surface area contributed by atoms with E-state index in [0.717, 1.165) is 12.8 Å². The van der Waals surface area contributed by atoms with Crippen LogP contribution in [0.5, 0.6) is 0 Å². The van der Waals surface area contributed by atoms with Gasteiger partial charge >= 0.3 is 0 Å². The van der Waals surface area contributed by atoms with Gasteiger partial charge in [0.05, 0.1) is 65.6 Å². The maximum absolute atomic E-state index is 5.73. The fourth-order valence-corrected chi connectivity index (χ4v) is 1.68. The summed E-state index contributed by atoms with van der Waals surface area (Å²) in [6.45, 7) is 7.67. The Bertz CT molecular complexity index is 161. The van der Waals surface area contributed by atoms with E-state index >= 15 is 0 Å². The normalized spacial score (nSPS) is 26.2. The molecule has 108 valence electrons. The summed E-state index contributed by atoms with van der Waals surface area (Å²) in [5, 5.41) is 0. The van der Waals surface area contributed by atoms with Crippen LogP contribution in [-0.4, -0.2) is 65.6 Å². The van der Waals surface area contributed by atoms with Gasteiger partial charge in [0.2, 0.25) is 0 Å². The summed E-state index contributed by atoms with van der Waals surface area (Å²) in [5.41, 5.74) is 0. The fourth-order valence-electron chi connectivity index (χ4n) is 1.68. The molecule has 0 aromatic heterocycles. The highest BCUT2D eigenvalue weighted by Crippen LogP contribution is 2.03. The van der Waals surface area contributed by atoms with Gasteiger partial charge in [0.25, 0.3) is 0 Å². The van der Waals surface area contributed by atoms with Crippen molar-refractivity contribution in [3.63, 3.8) is 0 Å². The van der Waals surface area contributed by atoms with Gasteiger partial charge in [-0.3, -0.25) is 0 Å². The minimum atomic E-state index is 0.167. The standard InChI is InChI=1S/C13H26O5/c1-2-3-13-12-17-9-8-15-5-4-14-6-7-16-10-11-18-13/h13H,2-12H2,1H3. The molecule has 1 atom stereocenters. The van der Waals surface area contributed by atoms with Crippen LogP contribution in [0.4, 0.5) is 0 Å². The van der Waals surface area contributed by atoms with Crippen molar-refractivity contribution in [2.45, 2.75) is 25.9 Å². The molecule has 0 radical (unpaired) electrons. The summed E-state index contributed by atoms with van der Waals surface area (Å²) >= 11 is 0. The molecule has 5 heteroatoms. The van der Waals surface area contributed by atoms with E-state index < -0.39 is 0 Å². The van der Waals surface area contributed by atoms with E-state index in [9.17, 15) is 0 Å². The molecule has 1 aliphatic rings. The summed E-state index contributed by atoms with van der Waals surface area (Å²) in [6, 6.07) is 0. The van der Waals surface area contributed by atoms with E-state index in [4.69, 9.17) is 23.7 Å². The fraction of sp³-hybridized carbons (Fsp3) is 1.00. The van der Waals surface area contributed by atoms with Crippen molar-refractivity contribution in [2.24, 2.45) is 0 Å². The van der Waals surface area contributed by atoms with Crippen molar-refractivity contribution >= 4 is 0 Å². The Morgan fingerprint density at radius 1 is 0.722 bits per heavy atom. The van der Waals surface area contributed by atoms with Crippen LogP contribution < -0.4 is 0 Å². The summed E-state index contributed by atoms with van der Waals surface area (Å²) in [5.74, 6) is 0. The molecule has 0 spiro atoms. The molecule has 0 aliphatic carbocycles. The quantitative estimate of drug-likeness (QED) is 0.749. The minimum absolute atomic E-state index is 0.167. The van der Waals surface area contributed by atoms with Crippen LogP contribution in [0.1, 0.15) is 19.8 Å². The van der Waals surface area contributed by atoms with E-state index in [1.54, 1.807) is 0 Å². The second-order valence-electron chi connectivity index (χ2n) is 4.19. The van der Waals surface area contributed by atoms with Crippen molar-refractivity contribution in [3.8, 4) is 0 Å². The Hall–Kier alpha value is -0.200. The van der Waals surface area contributed by atoms with E-state index in [1.807, 2.05) is 0 Å². The molecule has 1 rings (SSSR count). The average molecular weight is 262 g/mol. The third kappa shape index (κ3) is 8.83. The first-order chi connectivity index (χ1) is 8.93. The molecular weight excluding hydrogens is 236 g/mol. The molecule has 0 amide bonds. The van der Waals surface area contributed by atoms with Crippen LogP contribution in [0, 0.1) is 0 Å². The third-order valence-electron chi connectivity index (χ3n) is 2.61. The van der Waals surface area contributed by atoms with Crippen molar-refractivity contribution in [1.29, 1.82) is 0 Å². The molecule has 5 nitrogen and oxygen atoms in total. The van der Waals surface area contributed by atoms with Gasteiger partial charge in [-0.1, -0.05) is 13.3 Å². The maximum Gasteiger partial charge on any atom is 0.0809 e. The second kappa shape index (κ2) is 11.9. The van der Waals surface area contributed by atoms with Crippen LogP contribution >= 0.6 is 0 Å². The van der Waals surface area contributed by atoms with Gasteiger partial charge in [-0.05, 0) is 6.42 Å². The number of ether oxygens (including phenoxy) is 5. The summed E-state index contributed by atoms with van der Waals surface area (Å²) in [7, 11) is 0. The SMILES string of the molecule is CCCC1COCCOCCOCCOCCO1. The molecule has 1 saturated heterocycles. The lowest BCUT2D eigenvalue weighted by Crippen LogP contribution is -2.23. The smallest absolute Gasteiger partial charge is 0.0809 e. The minimum Gasteiger partial charge on any atom is -0.377 e. The highest BCUT2D eigenvalue weighted by Gasteiger charge is 2.08. The predicted molar refractivity (Wildman–Crippen MR) is 67.9 cm³/mol. The number of rotatable bonds is 2. The van der Waals surface area contributed by atoms with Crippen molar-refractivity contribution in [2.75, 3.05) is 59.5 Å².